The molecule has 0 saturated heterocycles. The molecule has 0 saturated carbocycles. The number of methoxy groups -OCH3 is 1. The molecule has 0 fully saturated rings. The third-order valence-electron chi connectivity index (χ3n) is 2.98. The Morgan fingerprint density at radius 1 is 1.37 bits per heavy atom. The molecule has 0 aliphatic carbocycles. The van der Waals surface area contributed by atoms with E-state index in [1.54, 1.807) is 0 Å². The molecule has 19 heavy (non-hydrogen) atoms. The van der Waals surface area contributed by atoms with Gasteiger partial charge in [-0.1, -0.05) is 11.3 Å². The molecule has 1 heterocycles. The monoisotopic (exact) mass is 261 g/mol. The van der Waals surface area contributed by atoms with E-state index in [2.05, 4.69) is 10.3 Å². The molecule has 1 N–H and O–H groups in total. The van der Waals surface area contributed by atoms with E-state index in [1.807, 2.05) is 32.0 Å². The molecule has 0 atom stereocenters. The normalized spacial score (nSPS) is 10.7. The van der Waals surface area contributed by atoms with E-state index in [1.165, 1.54) is 11.8 Å². The molecule has 6 nitrogen and oxygen atoms in total. The van der Waals surface area contributed by atoms with Gasteiger partial charge in [0, 0.05) is 7.11 Å². The molecule has 6 heteroatoms. The summed E-state index contributed by atoms with van der Waals surface area (Å²) in [6.07, 6.45) is 0. The lowest BCUT2D eigenvalue weighted by Crippen LogP contribution is -2.08. The minimum absolute atomic E-state index is 0.0833. The van der Waals surface area contributed by atoms with Crippen molar-refractivity contribution >= 4 is 5.97 Å². The predicted octanol–water partition coefficient (Wildman–Crippen LogP) is 1.73. The lowest BCUT2D eigenvalue weighted by Gasteiger charge is -2.08. The molecule has 0 aliphatic rings. The Bertz CT molecular complexity index is 620. The maximum Gasteiger partial charge on any atom is 0.358 e. The molecular formula is C13H15N3O3. The zero-order chi connectivity index (χ0) is 14.0. The van der Waals surface area contributed by atoms with E-state index in [0.29, 0.717) is 5.69 Å². The first-order valence-corrected chi connectivity index (χ1v) is 5.79. The second-order valence-electron chi connectivity index (χ2n) is 4.30. The van der Waals surface area contributed by atoms with Crippen LogP contribution in [0.25, 0.3) is 5.69 Å². The van der Waals surface area contributed by atoms with E-state index in [0.717, 1.165) is 16.8 Å². The van der Waals surface area contributed by atoms with Gasteiger partial charge in [-0.05, 0) is 37.1 Å². The Labute approximate surface area is 110 Å². The number of aromatic carboxylic acids is 1. The Morgan fingerprint density at radius 2 is 2.11 bits per heavy atom. The number of hydrogen-bond donors (Lipinski definition) is 1. The van der Waals surface area contributed by atoms with E-state index >= 15 is 0 Å². The number of carbonyl (C=O) groups is 1. The first-order valence-electron chi connectivity index (χ1n) is 5.79. The first-order chi connectivity index (χ1) is 9.04. The number of ether oxygens (including phenoxy) is 1. The number of rotatable bonds is 4. The van der Waals surface area contributed by atoms with Crippen molar-refractivity contribution in [3.63, 3.8) is 0 Å². The van der Waals surface area contributed by atoms with E-state index in [4.69, 9.17) is 9.84 Å². The lowest BCUT2D eigenvalue weighted by molar-refractivity contribution is 0.0685. The smallest absolute Gasteiger partial charge is 0.358 e. The number of nitrogens with zero attached hydrogens (tertiary/aromatic N) is 3. The molecule has 0 amide bonds. The predicted molar refractivity (Wildman–Crippen MR) is 68.5 cm³/mol. The highest BCUT2D eigenvalue weighted by molar-refractivity contribution is 5.86. The van der Waals surface area contributed by atoms with Gasteiger partial charge in [-0.15, -0.1) is 5.10 Å². The van der Waals surface area contributed by atoms with E-state index in [9.17, 15) is 4.79 Å². The summed E-state index contributed by atoms with van der Waals surface area (Å²) in [4.78, 5) is 11.1. The van der Waals surface area contributed by atoms with Crippen molar-refractivity contribution in [2.45, 2.75) is 20.5 Å². The molecule has 0 unspecified atom stereocenters. The second kappa shape index (κ2) is 5.19. The first kappa shape index (κ1) is 13.2. The quantitative estimate of drug-likeness (QED) is 0.906. The van der Waals surface area contributed by atoms with Crippen molar-refractivity contribution in [2.75, 3.05) is 7.11 Å². The van der Waals surface area contributed by atoms with Crippen molar-refractivity contribution in [3.8, 4) is 5.69 Å². The molecule has 0 aliphatic heterocycles. The Hall–Kier alpha value is -2.21. The average Bonchev–Trinajstić information content (AvgIpc) is 2.77. The lowest BCUT2D eigenvalue weighted by atomic mass is 10.1. The summed E-state index contributed by atoms with van der Waals surface area (Å²) >= 11 is 0. The van der Waals surface area contributed by atoms with Gasteiger partial charge in [0.1, 0.15) is 5.69 Å². The van der Waals surface area contributed by atoms with Crippen molar-refractivity contribution in [3.05, 3.63) is 40.7 Å². The number of aromatic nitrogens is 3. The Morgan fingerprint density at radius 3 is 2.68 bits per heavy atom. The third kappa shape index (κ3) is 2.48. The highest BCUT2D eigenvalue weighted by Crippen LogP contribution is 2.17. The largest absolute Gasteiger partial charge is 0.476 e. The Kier molecular flexibility index (Phi) is 3.62. The number of carboxylic acids is 1. The molecule has 0 bridgehead atoms. The van der Waals surface area contributed by atoms with Crippen molar-refractivity contribution in [1.29, 1.82) is 0 Å². The fraction of sp³-hybridized carbons (Fsp3) is 0.308. The molecule has 2 rings (SSSR count). The van der Waals surface area contributed by atoms with Crippen LogP contribution in [0, 0.1) is 13.8 Å². The summed E-state index contributed by atoms with van der Waals surface area (Å²) in [6.45, 7) is 4.14. The van der Waals surface area contributed by atoms with Gasteiger partial charge in [-0.3, -0.25) is 0 Å². The third-order valence-corrected chi connectivity index (χ3v) is 2.98. The van der Waals surface area contributed by atoms with Crippen LogP contribution in [0.15, 0.2) is 18.2 Å². The summed E-state index contributed by atoms with van der Waals surface area (Å²) in [6, 6.07) is 5.78. The Balaban J connectivity index is 2.55. The van der Waals surface area contributed by atoms with Crippen LogP contribution < -0.4 is 0 Å². The molecule has 1 aromatic heterocycles. The van der Waals surface area contributed by atoms with Gasteiger partial charge in [-0.2, -0.15) is 0 Å². The van der Waals surface area contributed by atoms with Gasteiger partial charge in [0.05, 0.1) is 12.3 Å². The SMILES string of the molecule is COCc1c(C(=O)O)nnn1-c1ccc(C)c(C)c1. The maximum atomic E-state index is 11.1. The fourth-order valence-electron chi connectivity index (χ4n) is 1.80. The van der Waals surface area contributed by atoms with Crippen LogP contribution in [-0.4, -0.2) is 33.2 Å². The van der Waals surface area contributed by atoms with Gasteiger partial charge in [0.25, 0.3) is 0 Å². The zero-order valence-corrected chi connectivity index (χ0v) is 11.0. The minimum Gasteiger partial charge on any atom is -0.476 e. The fourth-order valence-corrected chi connectivity index (χ4v) is 1.80. The number of hydrogen-bond acceptors (Lipinski definition) is 4. The van der Waals surface area contributed by atoms with Gasteiger partial charge in [0.2, 0.25) is 0 Å². The highest BCUT2D eigenvalue weighted by atomic mass is 16.5. The summed E-state index contributed by atoms with van der Waals surface area (Å²) in [5.74, 6) is -1.11. The van der Waals surface area contributed by atoms with Crippen molar-refractivity contribution < 1.29 is 14.6 Å². The molecule has 2 aromatic rings. The molecule has 1 aromatic carbocycles. The molecule has 0 spiro atoms. The van der Waals surface area contributed by atoms with Gasteiger partial charge >= 0.3 is 5.97 Å². The van der Waals surface area contributed by atoms with Crippen LogP contribution >= 0.6 is 0 Å². The van der Waals surface area contributed by atoms with Crippen LogP contribution in [0.5, 0.6) is 0 Å². The van der Waals surface area contributed by atoms with E-state index < -0.39 is 5.97 Å². The molecule has 100 valence electrons. The standard InChI is InChI=1S/C13H15N3O3/c1-8-4-5-10(6-9(8)2)16-11(7-19-3)12(13(17)18)14-15-16/h4-6H,7H2,1-3H3,(H,17,18). The summed E-state index contributed by atoms with van der Waals surface area (Å²) in [5.41, 5.74) is 3.39. The van der Waals surface area contributed by atoms with Crippen LogP contribution in [0.4, 0.5) is 0 Å². The second-order valence-corrected chi connectivity index (χ2v) is 4.30. The topological polar surface area (TPSA) is 77.2 Å². The van der Waals surface area contributed by atoms with E-state index in [-0.39, 0.29) is 12.3 Å². The summed E-state index contributed by atoms with van der Waals surface area (Å²) in [7, 11) is 1.50. The molecule has 0 radical (unpaired) electrons. The van der Waals surface area contributed by atoms with Gasteiger partial charge in [0.15, 0.2) is 5.69 Å². The zero-order valence-electron chi connectivity index (χ0n) is 11.0. The van der Waals surface area contributed by atoms with Crippen molar-refractivity contribution in [2.24, 2.45) is 0 Å². The number of benzene rings is 1. The van der Waals surface area contributed by atoms with Crippen LogP contribution in [-0.2, 0) is 11.3 Å². The van der Waals surface area contributed by atoms with Crippen LogP contribution in [0.2, 0.25) is 0 Å². The van der Waals surface area contributed by atoms with Crippen LogP contribution in [0.1, 0.15) is 27.3 Å². The van der Waals surface area contributed by atoms with Crippen molar-refractivity contribution in [1.82, 2.24) is 15.0 Å². The average molecular weight is 261 g/mol. The van der Waals surface area contributed by atoms with Crippen LogP contribution in [0.3, 0.4) is 0 Å². The maximum absolute atomic E-state index is 11.1. The summed E-state index contributed by atoms with van der Waals surface area (Å²) < 4.78 is 6.53. The van der Waals surface area contributed by atoms with Gasteiger partial charge < -0.3 is 9.84 Å². The van der Waals surface area contributed by atoms with Gasteiger partial charge in [-0.25, -0.2) is 9.48 Å². The number of aryl methyl sites for hydroxylation is 2. The minimum atomic E-state index is -1.11. The summed E-state index contributed by atoms with van der Waals surface area (Å²) in [5, 5.41) is 16.7. The number of carboxylic acid groups (broad SMARTS) is 1. The molecular weight excluding hydrogens is 246 g/mol. The highest BCUT2D eigenvalue weighted by Gasteiger charge is 2.19.